The van der Waals surface area contributed by atoms with Crippen LogP contribution in [0.5, 0.6) is 11.5 Å². The highest BCUT2D eigenvalue weighted by Gasteiger charge is 2.19. The van der Waals surface area contributed by atoms with Gasteiger partial charge in [0.1, 0.15) is 5.75 Å². The second-order valence-electron chi connectivity index (χ2n) is 5.77. The van der Waals surface area contributed by atoms with Gasteiger partial charge in [-0.2, -0.15) is 0 Å². The molecule has 0 saturated carbocycles. The highest BCUT2D eigenvalue weighted by Crippen LogP contribution is 2.30. The van der Waals surface area contributed by atoms with Crippen molar-refractivity contribution in [2.75, 3.05) is 5.32 Å². The minimum absolute atomic E-state index is 0.0298. The Bertz CT molecular complexity index is 816. The van der Waals surface area contributed by atoms with Gasteiger partial charge in [-0.25, -0.2) is 0 Å². The molecule has 0 fully saturated rings. The van der Waals surface area contributed by atoms with E-state index in [-0.39, 0.29) is 11.8 Å². The third kappa shape index (κ3) is 4.27. The fourth-order valence-electron chi connectivity index (χ4n) is 2.75. The molecule has 0 aliphatic rings. The van der Waals surface area contributed by atoms with E-state index in [9.17, 15) is 4.79 Å². The molecular weight excluding hydrogens is 310 g/mol. The number of carbonyl (C=O) groups excluding carboxylic acids is 1. The number of carbonyl (C=O) groups is 1. The summed E-state index contributed by atoms with van der Waals surface area (Å²) in [6.45, 7) is 2.02. The number of amides is 1. The van der Waals surface area contributed by atoms with Crippen LogP contribution >= 0.6 is 0 Å². The minimum Gasteiger partial charge on any atom is -0.455 e. The molecule has 3 heteroatoms. The van der Waals surface area contributed by atoms with Gasteiger partial charge in [0.15, 0.2) is 5.75 Å². The molecule has 0 aliphatic carbocycles. The molecule has 0 spiro atoms. The topological polar surface area (TPSA) is 38.3 Å². The summed E-state index contributed by atoms with van der Waals surface area (Å²) in [5, 5.41) is 3.02. The zero-order valence-corrected chi connectivity index (χ0v) is 14.2. The van der Waals surface area contributed by atoms with Crippen molar-refractivity contribution in [1.82, 2.24) is 0 Å². The van der Waals surface area contributed by atoms with Gasteiger partial charge in [0.25, 0.3) is 0 Å². The van der Waals surface area contributed by atoms with Gasteiger partial charge in [0, 0.05) is 0 Å². The van der Waals surface area contributed by atoms with Gasteiger partial charge in [0.2, 0.25) is 5.91 Å². The normalized spacial score (nSPS) is 11.6. The molecule has 0 bridgehead atoms. The maximum Gasteiger partial charge on any atom is 0.232 e. The van der Waals surface area contributed by atoms with Gasteiger partial charge in [-0.3, -0.25) is 4.79 Å². The van der Waals surface area contributed by atoms with E-state index < -0.39 is 0 Å². The molecule has 126 valence electrons. The van der Waals surface area contributed by atoms with Gasteiger partial charge in [-0.1, -0.05) is 67.6 Å². The summed E-state index contributed by atoms with van der Waals surface area (Å²) < 4.78 is 5.91. The molecule has 25 heavy (non-hydrogen) atoms. The van der Waals surface area contributed by atoms with E-state index in [2.05, 4.69) is 5.32 Å². The smallest absolute Gasteiger partial charge is 0.232 e. The van der Waals surface area contributed by atoms with Crippen LogP contribution in [0.2, 0.25) is 0 Å². The zero-order chi connectivity index (χ0) is 17.5. The van der Waals surface area contributed by atoms with Crippen molar-refractivity contribution in [3.8, 4) is 11.5 Å². The Morgan fingerprint density at radius 1 is 0.880 bits per heavy atom. The molecule has 0 heterocycles. The fraction of sp³-hybridized carbons (Fsp3) is 0.136. The van der Waals surface area contributed by atoms with Gasteiger partial charge >= 0.3 is 0 Å². The van der Waals surface area contributed by atoms with Crippen LogP contribution in [0, 0.1) is 0 Å². The number of nitrogens with one attached hydrogen (secondary N) is 1. The first-order chi connectivity index (χ1) is 12.3. The van der Waals surface area contributed by atoms with Crippen molar-refractivity contribution < 1.29 is 9.53 Å². The number of hydrogen-bond donors (Lipinski definition) is 1. The molecule has 3 rings (SSSR count). The van der Waals surface area contributed by atoms with Gasteiger partial charge < -0.3 is 10.1 Å². The lowest BCUT2D eigenvalue weighted by molar-refractivity contribution is -0.117. The number of rotatable bonds is 6. The Hall–Kier alpha value is -3.07. The Kier molecular flexibility index (Phi) is 5.47. The molecule has 3 aromatic carbocycles. The van der Waals surface area contributed by atoms with Crippen LogP contribution in [-0.4, -0.2) is 5.91 Å². The summed E-state index contributed by atoms with van der Waals surface area (Å²) in [5.41, 5.74) is 1.69. The third-order valence-electron chi connectivity index (χ3n) is 4.04. The molecule has 3 nitrogen and oxygen atoms in total. The van der Waals surface area contributed by atoms with E-state index in [1.54, 1.807) is 0 Å². The van der Waals surface area contributed by atoms with E-state index in [1.807, 2.05) is 91.9 Å². The Morgan fingerprint density at radius 3 is 2.16 bits per heavy atom. The molecule has 0 aliphatic heterocycles. The molecule has 0 aromatic heterocycles. The molecule has 0 radical (unpaired) electrons. The van der Waals surface area contributed by atoms with Crippen molar-refractivity contribution in [2.45, 2.75) is 19.3 Å². The molecular formula is C22H21NO2. The van der Waals surface area contributed by atoms with Crippen molar-refractivity contribution in [3.05, 3.63) is 90.5 Å². The standard InChI is InChI=1S/C22H21NO2/c1-2-19(17-11-5-3-6-12-17)22(24)23-20-15-9-10-16-21(20)25-18-13-7-4-8-14-18/h3-16,19H,2H2,1H3,(H,23,24)/t19-/m0/s1. The maximum absolute atomic E-state index is 12.8. The highest BCUT2D eigenvalue weighted by atomic mass is 16.5. The summed E-state index contributed by atoms with van der Waals surface area (Å²) >= 11 is 0. The first kappa shape index (κ1) is 16.8. The summed E-state index contributed by atoms with van der Waals surface area (Å²) in [6, 6.07) is 26.9. The van der Waals surface area contributed by atoms with Crippen molar-refractivity contribution >= 4 is 11.6 Å². The predicted octanol–water partition coefficient (Wildman–Crippen LogP) is 5.61. The van der Waals surface area contributed by atoms with Gasteiger partial charge in [0.05, 0.1) is 11.6 Å². The van der Waals surface area contributed by atoms with Crippen LogP contribution < -0.4 is 10.1 Å². The maximum atomic E-state index is 12.8. The monoisotopic (exact) mass is 331 g/mol. The summed E-state index contributed by atoms with van der Waals surface area (Å²) in [7, 11) is 0. The lowest BCUT2D eigenvalue weighted by Gasteiger charge is -2.17. The van der Waals surface area contributed by atoms with E-state index >= 15 is 0 Å². The predicted molar refractivity (Wildman–Crippen MR) is 101 cm³/mol. The van der Waals surface area contributed by atoms with E-state index in [1.165, 1.54) is 0 Å². The average Bonchev–Trinajstić information content (AvgIpc) is 2.66. The molecule has 1 amide bonds. The van der Waals surface area contributed by atoms with E-state index in [0.717, 1.165) is 17.7 Å². The highest BCUT2D eigenvalue weighted by molar-refractivity contribution is 5.97. The molecule has 0 saturated heterocycles. The number of ether oxygens (including phenoxy) is 1. The minimum atomic E-state index is -0.189. The van der Waals surface area contributed by atoms with E-state index in [4.69, 9.17) is 4.74 Å². The Morgan fingerprint density at radius 2 is 1.48 bits per heavy atom. The largest absolute Gasteiger partial charge is 0.455 e. The summed E-state index contributed by atoms with van der Waals surface area (Å²) in [5.74, 6) is 1.15. The van der Waals surface area contributed by atoms with Crippen LogP contribution in [0.3, 0.4) is 0 Å². The fourth-order valence-corrected chi connectivity index (χ4v) is 2.75. The summed E-state index contributed by atoms with van der Waals surface area (Å²) in [4.78, 5) is 12.8. The van der Waals surface area contributed by atoms with Crippen molar-refractivity contribution in [3.63, 3.8) is 0 Å². The second-order valence-corrected chi connectivity index (χ2v) is 5.77. The van der Waals surface area contributed by atoms with E-state index in [0.29, 0.717) is 11.4 Å². The summed E-state index contributed by atoms with van der Waals surface area (Å²) in [6.07, 6.45) is 0.734. The first-order valence-corrected chi connectivity index (χ1v) is 8.45. The molecule has 3 aromatic rings. The SMILES string of the molecule is CC[C@H](C(=O)Nc1ccccc1Oc1ccccc1)c1ccccc1. The Labute approximate surface area is 148 Å². The van der Waals surface area contributed by atoms with Crippen LogP contribution in [0.25, 0.3) is 0 Å². The number of anilines is 1. The second kappa shape index (κ2) is 8.15. The van der Waals surface area contributed by atoms with Gasteiger partial charge in [-0.15, -0.1) is 0 Å². The molecule has 0 unspecified atom stereocenters. The number of benzene rings is 3. The molecule has 1 atom stereocenters. The van der Waals surface area contributed by atoms with Crippen LogP contribution in [0.15, 0.2) is 84.9 Å². The third-order valence-corrected chi connectivity index (χ3v) is 4.04. The zero-order valence-electron chi connectivity index (χ0n) is 14.2. The van der Waals surface area contributed by atoms with Crippen LogP contribution in [0.4, 0.5) is 5.69 Å². The van der Waals surface area contributed by atoms with Crippen LogP contribution in [-0.2, 0) is 4.79 Å². The average molecular weight is 331 g/mol. The number of para-hydroxylation sites is 3. The lowest BCUT2D eigenvalue weighted by Crippen LogP contribution is -2.21. The van der Waals surface area contributed by atoms with Crippen molar-refractivity contribution in [1.29, 1.82) is 0 Å². The molecule has 1 N–H and O–H groups in total. The van der Waals surface area contributed by atoms with Crippen LogP contribution in [0.1, 0.15) is 24.8 Å². The number of hydrogen-bond acceptors (Lipinski definition) is 2. The quantitative estimate of drug-likeness (QED) is 0.637. The lowest BCUT2D eigenvalue weighted by atomic mass is 9.95. The van der Waals surface area contributed by atoms with Crippen molar-refractivity contribution in [2.24, 2.45) is 0 Å². The Balaban J connectivity index is 1.79. The van der Waals surface area contributed by atoms with Gasteiger partial charge in [-0.05, 0) is 36.2 Å². The first-order valence-electron chi connectivity index (χ1n) is 8.45.